The van der Waals surface area contributed by atoms with Crippen molar-refractivity contribution in [3.05, 3.63) is 197 Å². The van der Waals surface area contributed by atoms with Crippen LogP contribution in [0, 0.1) is 0 Å². The Balaban J connectivity index is 0.998. The summed E-state index contributed by atoms with van der Waals surface area (Å²) in [7, 11) is 0. The van der Waals surface area contributed by atoms with Gasteiger partial charge in [-0.15, -0.1) is 0 Å². The molecule has 57 heavy (non-hydrogen) atoms. The predicted molar refractivity (Wildman–Crippen MR) is 239 cm³/mol. The van der Waals surface area contributed by atoms with Crippen LogP contribution in [0.1, 0.15) is 49.9 Å². The van der Waals surface area contributed by atoms with Gasteiger partial charge < -0.3 is 9.32 Å². The fourth-order valence-electron chi connectivity index (χ4n) is 9.72. The summed E-state index contributed by atoms with van der Waals surface area (Å²) < 4.78 is 6.25. The maximum Gasteiger partial charge on any atom is 0.136 e. The SMILES string of the molecule is CC1(C)c2ccccc2-c2ccc(N(c3ccc(-c4cc(Cl)c5c(c4)C(C)(C)c4ccccc4-5)cc3)c3ccc(-c4ccc5c(c4)oc4ccccc45)cc3)cc21. The summed E-state index contributed by atoms with van der Waals surface area (Å²) >= 11 is 7.12. The highest BCUT2D eigenvalue weighted by Crippen LogP contribution is 2.53. The van der Waals surface area contributed by atoms with E-state index in [0.29, 0.717) is 0 Å². The highest BCUT2D eigenvalue weighted by molar-refractivity contribution is 6.34. The molecule has 9 aromatic rings. The molecule has 0 radical (unpaired) electrons. The summed E-state index contributed by atoms with van der Waals surface area (Å²) in [4.78, 5) is 2.38. The molecule has 0 unspecified atom stereocenters. The molecule has 0 fully saturated rings. The largest absolute Gasteiger partial charge is 0.456 e. The maximum atomic E-state index is 7.12. The van der Waals surface area contributed by atoms with Crippen LogP contribution in [0.4, 0.5) is 17.1 Å². The van der Waals surface area contributed by atoms with Crippen LogP contribution in [0.15, 0.2) is 174 Å². The first-order valence-corrected chi connectivity index (χ1v) is 20.2. The van der Waals surface area contributed by atoms with Gasteiger partial charge in [0.2, 0.25) is 0 Å². The Morgan fingerprint density at radius 1 is 0.404 bits per heavy atom. The van der Waals surface area contributed by atoms with Crippen LogP contribution in [-0.2, 0) is 10.8 Å². The fourth-order valence-corrected chi connectivity index (χ4v) is 10.0. The molecule has 0 amide bonds. The van der Waals surface area contributed by atoms with Gasteiger partial charge in [0, 0.05) is 49.3 Å². The number of benzene rings is 8. The summed E-state index contributed by atoms with van der Waals surface area (Å²) in [6.45, 7) is 9.29. The van der Waals surface area contributed by atoms with Gasteiger partial charge in [0.05, 0.1) is 0 Å². The molecule has 2 nitrogen and oxygen atoms in total. The van der Waals surface area contributed by atoms with Gasteiger partial charge in [-0.05, 0) is 128 Å². The van der Waals surface area contributed by atoms with Crippen LogP contribution in [0.5, 0.6) is 0 Å². The monoisotopic (exact) mass is 753 g/mol. The topological polar surface area (TPSA) is 16.4 Å². The average Bonchev–Trinajstić information content (AvgIpc) is 3.81. The lowest BCUT2D eigenvalue weighted by Crippen LogP contribution is -2.16. The number of para-hydroxylation sites is 1. The molecule has 11 rings (SSSR count). The first-order valence-electron chi connectivity index (χ1n) is 19.8. The van der Waals surface area contributed by atoms with E-state index in [9.17, 15) is 0 Å². The quantitative estimate of drug-likeness (QED) is 0.174. The van der Waals surface area contributed by atoms with Crippen molar-refractivity contribution >= 4 is 50.6 Å². The number of nitrogens with zero attached hydrogens (tertiary/aromatic N) is 1. The van der Waals surface area contributed by atoms with Crippen molar-refractivity contribution in [2.45, 2.75) is 38.5 Å². The molecule has 0 atom stereocenters. The van der Waals surface area contributed by atoms with Crippen molar-refractivity contribution in [1.29, 1.82) is 0 Å². The molecule has 0 aliphatic heterocycles. The molecule has 274 valence electrons. The van der Waals surface area contributed by atoms with Crippen molar-refractivity contribution in [3.8, 4) is 44.5 Å². The number of furan rings is 1. The van der Waals surface area contributed by atoms with Crippen molar-refractivity contribution < 1.29 is 4.42 Å². The van der Waals surface area contributed by atoms with Crippen molar-refractivity contribution in [2.75, 3.05) is 4.90 Å². The molecule has 0 saturated heterocycles. The van der Waals surface area contributed by atoms with Crippen LogP contribution < -0.4 is 4.90 Å². The normalized spacial score (nSPS) is 14.3. The summed E-state index contributed by atoms with van der Waals surface area (Å²) in [5, 5.41) is 3.08. The number of halogens is 1. The second kappa shape index (κ2) is 12.3. The second-order valence-electron chi connectivity index (χ2n) is 16.7. The lowest BCUT2D eigenvalue weighted by atomic mass is 9.81. The molecular formula is C54H40ClNO. The molecule has 2 aliphatic carbocycles. The number of hydrogen-bond donors (Lipinski definition) is 0. The van der Waals surface area contributed by atoms with E-state index in [2.05, 4.69) is 190 Å². The third kappa shape index (κ3) is 5.10. The second-order valence-corrected chi connectivity index (χ2v) is 17.1. The molecule has 0 saturated carbocycles. The predicted octanol–water partition coefficient (Wildman–Crippen LogP) is 15.7. The van der Waals surface area contributed by atoms with Crippen LogP contribution in [0.25, 0.3) is 66.4 Å². The number of rotatable bonds is 5. The first-order chi connectivity index (χ1) is 27.7. The molecule has 0 bridgehead atoms. The Hall–Kier alpha value is -6.35. The Labute approximate surface area is 338 Å². The van der Waals surface area contributed by atoms with E-state index in [-0.39, 0.29) is 10.8 Å². The van der Waals surface area contributed by atoms with E-state index in [4.69, 9.17) is 16.0 Å². The van der Waals surface area contributed by atoms with Gasteiger partial charge in [0.15, 0.2) is 0 Å². The highest BCUT2D eigenvalue weighted by atomic mass is 35.5. The third-order valence-electron chi connectivity index (χ3n) is 12.8. The zero-order chi connectivity index (χ0) is 38.6. The van der Waals surface area contributed by atoms with Crippen molar-refractivity contribution in [1.82, 2.24) is 0 Å². The zero-order valence-electron chi connectivity index (χ0n) is 32.4. The minimum Gasteiger partial charge on any atom is -0.456 e. The minimum atomic E-state index is -0.132. The molecule has 1 aromatic heterocycles. The van der Waals surface area contributed by atoms with E-state index < -0.39 is 0 Å². The van der Waals surface area contributed by atoms with Gasteiger partial charge >= 0.3 is 0 Å². The summed E-state index contributed by atoms with van der Waals surface area (Å²) in [6, 6.07) is 61.6. The molecule has 0 N–H and O–H groups in total. The lowest BCUT2D eigenvalue weighted by Gasteiger charge is -2.28. The molecule has 8 aromatic carbocycles. The van der Waals surface area contributed by atoms with E-state index in [1.165, 1.54) is 38.9 Å². The van der Waals surface area contributed by atoms with Crippen molar-refractivity contribution in [2.24, 2.45) is 0 Å². The molecule has 0 spiro atoms. The van der Waals surface area contributed by atoms with Crippen LogP contribution in [0.2, 0.25) is 5.02 Å². The van der Waals surface area contributed by atoms with E-state index in [1.807, 2.05) is 12.1 Å². The number of hydrogen-bond acceptors (Lipinski definition) is 2. The summed E-state index contributed by atoms with van der Waals surface area (Å²) in [5.74, 6) is 0. The van der Waals surface area contributed by atoms with Gasteiger partial charge in [-0.3, -0.25) is 0 Å². The molecule has 1 heterocycles. The Morgan fingerprint density at radius 3 is 1.68 bits per heavy atom. The Bertz CT molecular complexity index is 3080. The third-order valence-corrected chi connectivity index (χ3v) is 13.1. The maximum absolute atomic E-state index is 7.12. The van der Waals surface area contributed by atoms with Gasteiger partial charge in [0.25, 0.3) is 0 Å². The Morgan fingerprint density at radius 2 is 0.947 bits per heavy atom. The molecule has 2 aliphatic rings. The van der Waals surface area contributed by atoms with E-state index in [0.717, 1.165) is 71.8 Å². The van der Waals surface area contributed by atoms with Crippen LogP contribution >= 0.6 is 11.6 Å². The van der Waals surface area contributed by atoms with Gasteiger partial charge in [-0.2, -0.15) is 0 Å². The Kier molecular flexibility index (Phi) is 7.34. The first kappa shape index (κ1) is 33.9. The van der Waals surface area contributed by atoms with Gasteiger partial charge in [-0.25, -0.2) is 0 Å². The number of anilines is 3. The van der Waals surface area contributed by atoms with Gasteiger partial charge in [-0.1, -0.05) is 142 Å². The summed E-state index contributed by atoms with van der Waals surface area (Å²) in [5.41, 5.74) is 19.7. The average molecular weight is 754 g/mol. The molecular weight excluding hydrogens is 714 g/mol. The standard InChI is InChI=1S/C54H40ClNO/c1-53(2)45-14-8-5-11-40(45)41-28-26-39(32-47(41)53)56(37-22-17-33(18-23-37)35-21-27-43-42-12-7-10-16-50(42)57-51(43)31-35)38-24-19-34(20-25-38)36-29-48-52(49(55)30-36)44-13-6-9-15-46(44)54(48,3)4/h5-32H,1-4H3. The van der Waals surface area contributed by atoms with Crippen molar-refractivity contribution in [3.63, 3.8) is 0 Å². The summed E-state index contributed by atoms with van der Waals surface area (Å²) in [6.07, 6.45) is 0. The van der Waals surface area contributed by atoms with E-state index in [1.54, 1.807) is 0 Å². The minimum absolute atomic E-state index is 0.114. The van der Waals surface area contributed by atoms with Crippen LogP contribution in [0.3, 0.4) is 0 Å². The number of fused-ring (bicyclic) bond motifs is 9. The van der Waals surface area contributed by atoms with Gasteiger partial charge in [0.1, 0.15) is 11.2 Å². The highest BCUT2D eigenvalue weighted by Gasteiger charge is 2.37. The smallest absolute Gasteiger partial charge is 0.136 e. The van der Waals surface area contributed by atoms with E-state index >= 15 is 0 Å². The zero-order valence-corrected chi connectivity index (χ0v) is 33.2. The fraction of sp³-hybridized carbons (Fsp3) is 0.111. The van der Waals surface area contributed by atoms with Crippen LogP contribution in [-0.4, -0.2) is 0 Å². The molecule has 3 heteroatoms. The lowest BCUT2D eigenvalue weighted by molar-refractivity contribution is 0.660.